The van der Waals surface area contributed by atoms with Gasteiger partial charge in [-0.2, -0.15) is 0 Å². The van der Waals surface area contributed by atoms with Gasteiger partial charge in [-0.3, -0.25) is 14.3 Å². The maximum atomic E-state index is 13.3. The van der Waals surface area contributed by atoms with Crippen molar-refractivity contribution < 1.29 is 27.5 Å². The number of rotatable bonds is 9. The summed E-state index contributed by atoms with van der Waals surface area (Å²) >= 11 is 0. The zero-order chi connectivity index (χ0) is 29.7. The third-order valence-electron chi connectivity index (χ3n) is 6.93. The third-order valence-corrected chi connectivity index (χ3v) is 8.33. The summed E-state index contributed by atoms with van der Waals surface area (Å²) in [4.78, 5) is 27.7. The fourth-order valence-corrected chi connectivity index (χ4v) is 5.51. The summed E-state index contributed by atoms with van der Waals surface area (Å²) in [6, 6.07) is 27.7. The average molecular weight is 586 g/mol. The smallest absolute Gasteiger partial charge is 0.265 e. The van der Waals surface area contributed by atoms with E-state index in [1.165, 1.54) is 29.2 Å². The Morgan fingerprint density at radius 3 is 2.36 bits per heavy atom. The van der Waals surface area contributed by atoms with E-state index >= 15 is 0 Å². The first kappa shape index (κ1) is 28.7. The zero-order valence-corrected chi connectivity index (χ0v) is 24.1. The number of anilines is 2. The van der Waals surface area contributed by atoms with Crippen LogP contribution in [0.3, 0.4) is 0 Å². The molecule has 0 saturated carbocycles. The number of sulfonamides is 1. The topological polar surface area (TPSA) is 114 Å². The predicted octanol–water partition coefficient (Wildman–Crippen LogP) is 4.59. The monoisotopic (exact) mass is 585 g/mol. The quantitative estimate of drug-likeness (QED) is 0.297. The van der Waals surface area contributed by atoms with E-state index in [2.05, 4.69) is 10.0 Å². The molecular formula is C32H31N3O6S. The van der Waals surface area contributed by atoms with Crippen molar-refractivity contribution in [3.63, 3.8) is 0 Å². The lowest BCUT2D eigenvalue weighted by molar-refractivity contribution is -0.128. The molecule has 1 aliphatic heterocycles. The Hall–Kier alpha value is -4.83. The van der Waals surface area contributed by atoms with Gasteiger partial charge in [0.15, 0.2) is 12.7 Å². The molecule has 2 N–H and O–H groups in total. The molecule has 4 aromatic rings. The second-order valence-corrected chi connectivity index (χ2v) is 11.6. The summed E-state index contributed by atoms with van der Waals surface area (Å²) in [5.74, 6) is 0.0352. The summed E-state index contributed by atoms with van der Waals surface area (Å²) in [7, 11) is -3.81. The molecule has 4 aromatic carbocycles. The van der Waals surface area contributed by atoms with Crippen LogP contribution in [0.15, 0.2) is 102 Å². The number of hydrogen-bond donors (Lipinski definition) is 2. The highest BCUT2D eigenvalue weighted by molar-refractivity contribution is 7.92. The summed E-state index contributed by atoms with van der Waals surface area (Å²) < 4.78 is 39.9. The summed E-state index contributed by atoms with van der Waals surface area (Å²) in [5.41, 5.74) is 4.00. The number of ether oxygens (including phenoxy) is 2. The zero-order valence-electron chi connectivity index (χ0n) is 23.2. The normalized spacial score (nSPS) is 14.3. The summed E-state index contributed by atoms with van der Waals surface area (Å²) in [6.07, 6.45) is -0.901. The Morgan fingerprint density at radius 1 is 0.905 bits per heavy atom. The number of nitrogens with zero attached hydrogens (tertiary/aromatic N) is 1. The van der Waals surface area contributed by atoms with Crippen LogP contribution in [-0.4, -0.2) is 39.5 Å². The lowest BCUT2D eigenvalue weighted by atomic mass is 10.1. The number of para-hydroxylation sites is 2. The van der Waals surface area contributed by atoms with Crippen LogP contribution in [0.2, 0.25) is 0 Å². The molecule has 0 radical (unpaired) electrons. The van der Waals surface area contributed by atoms with Crippen molar-refractivity contribution in [3.8, 4) is 11.5 Å². The van der Waals surface area contributed by atoms with Crippen LogP contribution < -0.4 is 24.4 Å². The SMILES string of the molecule is Cc1ccc(NS(=O)(=O)c2ccc(OCC(=O)N3CC(C(=O)NCc4ccccc4)Oc4ccccc43)cc2)cc1C. The van der Waals surface area contributed by atoms with Gasteiger partial charge in [0.2, 0.25) is 0 Å². The van der Waals surface area contributed by atoms with Crippen molar-refractivity contribution in [1.29, 1.82) is 0 Å². The second-order valence-electron chi connectivity index (χ2n) is 9.95. The molecule has 5 rings (SSSR count). The van der Waals surface area contributed by atoms with E-state index in [1.54, 1.807) is 36.4 Å². The number of carbonyl (C=O) groups is 2. The van der Waals surface area contributed by atoms with E-state index in [0.29, 0.717) is 29.4 Å². The van der Waals surface area contributed by atoms with E-state index < -0.39 is 16.1 Å². The number of carbonyl (C=O) groups excluding carboxylic acids is 2. The van der Waals surface area contributed by atoms with E-state index in [9.17, 15) is 18.0 Å². The predicted molar refractivity (Wildman–Crippen MR) is 160 cm³/mol. The number of hydrogen-bond acceptors (Lipinski definition) is 6. The van der Waals surface area contributed by atoms with Crippen molar-refractivity contribution in [2.24, 2.45) is 0 Å². The van der Waals surface area contributed by atoms with Crippen LogP contribution in [0.5, 0.6) is 11.5 Å². The van der Waals surface area contributed by atoms with Gasteiger partial charge in [-0.05, 0) is 79.1 Å². The van der Waals surface area contributed by atoms with Crippen molar-refractivity contribution >= 4 is 33.2 Å². The number of amides is 2. The Bertz CT molecular complexity index is 1690. The van der Waals surface area contributed by atoms with Crippen molar-refractivity contribution in [2.75, 3.05) is 22.8 Å². The Kier molecular flexibility index (Phi) is 8.44. The number of nitrogens with one attached hydrogen (secondary N) is 2. The molecular weight excluding hydrogens is 554 g/mol. The summed E-state index contributed by atoms with van der Waals surface area (Å²) in [6.45, 7) is 3.90. The highest BCUT2D eigenvalue weighted by atomic mass is 32.2. The molecule has 0 fully saturated rings. The van der Waals surface area contributed by atoms with Crippen LogP contribution in [0.4, 0.5) is 11.4 Å². The van der Waals surface area contributed by atoms with Gasteiger partial charge in [-0.25, -0.2) is 8.42 Å². The van der Waals surface area contributed by atoms with Gasteiger partial charge < -0.3 is 19.7 Å². The molecule has 10 heteroatoms. The first-order valence-electron chi connectivity index (χ1n) is 13.4. The van der Waals surface area contributed by atoms with Gasteiger partial charge in [-0.1, -0.05) is 48.5 Å². The van der Waals surface area contributed by atoms with E-state index in [0.717, 1.165) is 16.7 Å². The molecule has 9 nitrogen and oxygen atoms in total. The maximum absolute atomic E-state index is 13.3. The van der Waals surface area contributed by atoms with Crippen LogP contribution in [0.1, 0.15) is 16.7 Å². The van der Waals surface area contributed by atoms with E-state index in [1.807, 2.05) is 50.2 Å². The molecule has 1 aliphatic rings. The second kappa shape index (κ2) is 12.4. The van der Waals surface area contributed by atoms with Gasteiger partial charge in [0.25, 0.3) is 21.8 Å². The van der Waals surface area contributed by atoms with Gasteiger partial charge >= 0.3 is 0 Å². The first-order valence-corrected chi connectivity index (χ1v) is 14.9. The lowest BCUT2D eigenvalue weighted by Gasteiger charge is -2.34. The Morgan fingerprint density at radius 2 is 1.62 bits per heavy atom. The van der Waals surface area contributed by atoms with Crippen LogP contribution in [0.25, 0.3) is 0 Å². The minimum atomic E-state index is -3.81. The first-order chi connectivity index (χ1) is 20.2. The van der Waals surface area contributed by atoms with Crippen LogP contribution in [0, 0.1) is 13.8 Å². The largest absolute Gasteiger partial charge is 0.484 e. The average Bonchev–Trinajstić information content (AvgIpc) is 3.00. The Labute approximate surface area is 245 Å². The van der Waals surface area contributed by atoms with Gasteiger partial charge in [-0.15, -0.1) is 0 Å². The maximum Gasteiger partial charge on any atom is 0.265 e. The number of aryl methyl sites for hydroxylation is 2. The molecule has 1 unspecified atom stereocenters. The molecule has 1 atom stereocenters. The van der Waals surface area contributed by atoms with Crippen molar-refractivity contribution in [3.05, 3.63) is 114 Å². The van der Waals surface area contributed by atoms with Gasteiger partial charge in [0, 0.05) is 12.2 Å². The lowest BCUT2D eigenvalue weighted by Crippen LogP contribution is -2.51. The molecule has 0 spiro atoms. The molecule has 0 saturated heterocycles. The van der Waals surface area contributed by atoms with E-state index in [-0.39, 0.29) is 29.9 Å². The third kappa shape index (κ3) is 6.72. The van der Waals surface area contributed by atoms with Crippen molar-refractivity contribution in [1.82, 2.24) is 5.32 Å². The molecule has 1 heterocycles. The van der Waals surface area contributed by atoms with E-state index in [4.69, 9.17) is 9.47 Å². The highest BCUT2D eigenvalue weighted by Gasteiger charge is 2.33. The minimum absolute atomic E-state index is 0.0150. The molecule has 2 amide bonds. The van der Waals surface area contributed by atoms with Crippen molar-refractivity contribution in [2.45, 2.75) is 31.4 Å². The molecule has 216 valence electrons. The standard InChI is InChI=1S/C32H31N3O6S/c1-22-12-13-25(18-23(22)2)34-42(38,39)27-16-14-26(15-17-27)40-21-31(36)35-20-30(41-29-11-7-6-10-28(29)35)32(37)33-19-24-8-4-3-5-9-24/h3-18,30,34H,19-21H2,1-2H3,(H,33,37). The Balaban J connectivity index is 1.22. The number of benzene rings is 4. The highest BCUT2D eigenvalue weighted by Crippen LogP contribution is 2.33. The van der Waals surface area contributed by atoms with Gasteiger partial charge in [0.1, 0.15) is 11.5 Å². The molecule has 42 heavy (non-hydrogen) atoms. The minimum Gasteiger partial charge on any atom is -0.484 e. The molecule has 0 bridgehead atoms. The van der Waals surface area contributed by atoms with Crippen LogP contribution >= 0.6 is 0 Å². The fourth-order valence-electron chi connectivity index (χ4n) is 4.46. The molecule has 0 aliphatic carbocycles. The summed E-state index contributed by atoms with van der Waals surface area (Å²) in [5, 5.41) is 2.87. The van der Waals surface area contributed by atoms with Gasteiger partial charge in [0.05, 0.1) is 17.1 Å². The molecule has 0 aromatic heterocycles. The fraction of sp³-hybridized carbons (Fsp3) is 0.188. The van der Waals surface area contributed by atoms with Crippen LogP contribution in [-0.2, 0) is 26.2 Å². The number of fused-ring (bicyclic) bond motifs is 1.